The van der Waals surface area contributed by atoms with E-state index in [9.17, 15) is 14.0 Å². The predicted octanol–water partition coefficient (Wildman–Crippen LogP) is 3.35. The molecule has 1 saturated carbocycles. The Bertz CT molecular complexity index is 1020. The van der Waals surface area contributed by atoms with Crippen molar-refractivity contribution in [1.29, 1.82) is 0 Å². The van der Waals surface area contributed by atoms with E-state index < -0.39 is 5.82 Å². The van der Waals surface area contributed by atoms with Crippen molar-refractivity contribution in [2.24, 2.45) is 5.41 Å². The van der Waals surface area contributed by atoms with E-state index in [4.69, 9.17) is 0 Å². The minimum atomic E-state index is -0.392. The van der Waals surface area contributed by atoms with Gasteiger partial charge >= 0.3 is 0 Å². The zero-order valence-corrected chi connectivity index (χ0v) is 18.4. The summed E-state index contributed by atoms with van der Waals surface area (Å²) in [7, 11) is 0. The Kier molecular flexibility index (Phi) is 5.69. The van der Waals surface area contributed by atoms with Crippen molar-refractivity contribution in [3.8, 4) is 0 Å². The van der Waals surface area contributed by atoms with Gasteiger partial charge in [0.25, 0.3) is 11.8 Å². The summed E-state index contributed by atoms with van der Waals surface area (Å²) in [5.74, 6) is 0.633. The molecule has 1 saturated heterocycles. The number of hydrogen-bond donors (Lipinski definition) is 1. The fraction of sp³-hybridized carbons (Fsp3) is 0.583. The molecule has 2 aliphatic heterocycles. The summed E-state index contributed by atoms with van der Waals surface area (Å²) in [5.41, 5.74) is 0.398. The molecule has 0 radical (unpaired) electrons. The molecule has 3 heterocycles. The number of hydrogen-bond acceptors (Lipinski definition) is 4. The molecule has 0 bridgehead atoms. The van der Waals surface area contributed by atoms with Crippen LogP contribution in [0.25, 0.3) is 0 Å². The Labute approximate surface area is 187 Å². The molecule has 5 rings (SSSR count). The predicted molar refractivity (Wildman–Crippen MR) is 117 cm³/mol. The summed E-state index contributed by atoms with van der Waals surface area (Å²) in [4.78, 5) is 27.6. The largest absolute Gasteiger partial charge is 0.347 e. The van der Waals surface area contributed by atoms with Crippen molar-refractivity contribution < 1.29 is 14.0 Å². The number of aryl methyl sites for hydroxylation is 1. The van der Waals surface area contributed by atoms with Crippen molar-refractivity contribution in [3.63, 3.8) is 0 Å². The third-order valence-corrected chi connectivity index (χ3v) is 7.51. The average Bonchev–Trinajstić information content (AvgIpc) is 3.36. The highest BCUT2D eigenvalue weighted by Crippen LogP contribution is 2.41. The first kappa shape index (κ1) is 21.1. The van der Waals surface area contributed by atoms with Crippen molar-refractivity contribution in [3.05, 3.63) is 47.3 Å². The summed E-state index contributed by atoms with van der Waals surface area (Å²) in [6.07, 6.45) is 9.06. The second kappa shape index (κ2) is 8.64. The van der Waals surface area contributed by atoms with E-state index in [0.717, 1.165) is 57.2 Å². The SMILES string of the molecule is O=C(NC1CCCCC1)c1nnc2n1CC[C@]1(CC2)CCN(C(=O)c2cccc(F)c2)C1. The van der Waals surface area contributed by atoms with E-state index in [-0.39, 0.29) is 23.3 Å². The summed E-state index contributed by atoms with van der Waals surface area (Å²) in [5, 5.41) is 11.7. The minimum Gasteiger partial charge on any atom is -0.347 e. The standard InChI is InChI=1S/C24H30FN5O2/c25-18-6-4-5-17(15-18)23(32)29-13-11-24(16-29)10-9-20-27-28-21(30(20)14-12-24)22(31)26-19-7-2-1-3-8-19/h4-6,15,19H,1-3,7-14,16H2,(H,26,31)/t24-/m0/s1. The summed E-state index contributed by atoms with van der Waals surface area (Å²) in [6, 6.07) is 6.14. The van der Waals surface area contributed by atoms with Crippen molar-refractivity contribution in [2.75, 3.05) is 13.1 Å². The first-order valence-electron chi connectivity index (χ1n) is 11.8. The molecule has 1 atom stereocenters. The van der Waals surface area contributed by atoms with Gasteiger partial charge in [-0.25, -0.2) is 4.39 Å². The van der Waals surface area contributed by atoms with Gasteiger partial charge in [0.2, 0.25) is 5.82 Å². The van der Waals surface area contributed by atoms with Gasteiger partial charge < -0.3 is 14.8 Å². The van der Waals surface area contributed by atoms with Crippen LogP contribution in [0.3, 0.4) is 0 Å². The molecule has 1 aliphatic carbocycles. The van der Waals surface area contributed by atoms with Gasteiger partial charge in [0.15, 0.2) is 0 Å². The summed E-state index contributed by atoms with van der Waals surface area (Å²) in [6.45, 7) is 2.01. The van der Waals surface area contributed by atoms with Gasteiger partial charge in [-0.1, -0.05) is 25.3 Å². The Morgan fingerprint density at radius 2 is 1.88 bits per heavy atom. The molecule has 7 nitrogen and oxygen atoms in total. The molecule has 32 heavy (non-hydrogen) atoms. The maximum Gasteiger partial charge on any atom is 0.289 e. The van der Waals surface area contributed by atoms with Crippen LogP contribution >= 0.6 is 0 Å². The van der Waals surface area contributed by atoms with Crippen LogP contribution in [0.5, 0.6) is 0 Å². The van der Waals surface area contributed by atoms with Gasteiger partial charge in [-0.2, -0.15) is 0 Å². The molecule has 3 aliphatic rings. The Hall–Kier alpha value is -2.77. The second-order valence-corrected chi connectivity index (χ2v) is 9.64. The number of fused-ring (bicyclic) bond motifs is 1. The highest BCUT2D eigenvalue weighted by Gasteiger charge is 2.41. The number of carbonyl (C=O) groups excluding carboxylic acids is 2. The van der Waals surface area contributed by atoms with Gasteiger partial charge in [0, 0.05) is 37.7 Å². The van der Waals surface area contributed by atoms with E-state index in [1.54, 1.807) is 12.1 Å². The summed E-state index contributed by atoms with van der Waals surface area (Å²) < 4.78 is 15.5. The molecule has 1 aromatic heterocycles. The highest BCUT2D eigenvalue weighted by molar-refractivity contribution is 5.94. The molecule has 0 unspecified atom stereocenters. The van der Waals surface area contributed by atoms with Crippen molar-refractivity contribution in [1.82, 2.24) is 25.0 Å². The molecular weight excluding hydrogens is 409 g/mol. The first-order chi connectivity index (χ1) is 15.5. The van der Waals surface area contributed by atoms with Crippen LogP contribution in [-0.2, 0) is 13.0 Å². The van der Waals surface area contributed by atoms with Gasteiger partial charge in [-0.3, -0.25) is 9.59 Å². The Balaban J connectivity index is 1.25. The van der Waals surface area contributed by atoms with Gasteiger partial charge in [-0.15, -0.1) is 10.2 Å². The van der Waals surface area contributed by atoms with Gasteiger partial charge in [-0.05, 0) is 55.7 Å². The van der Waals surface area contributed by atoms with E-state index in [0.29, 0.717) is 31.0 Å². The first-order valence-corrected chi connectivity index (χ1v) is 11.8. The third-order valence-electron chi connectivity index (χ3n) is 7.51. The van der Waals surface area contributed by atoms with Crippen LogP contribution in [0, 0.1) is 11.2 Å². The lowest BCUT2D eigenvalue weighted by atomic mass is 9.80. The van der Waals surface area contributed by atoms with E-state index in [2.05, 4.69) is 15.5 Å². The quantitative estimate of drug-likeness (QED) is 0.795. The normalized spacial score (nSPS) is 23.7. The molecule has 1 N–H and O–H groups in total. The molecule has 170 valence electrons. The molecule has 1 aromatic carbocycles. The van der Waals surface area contributed by atoms with E-state index >= 15 is 0 Å². The lowest BCUT2D eigenvalue weighted by Crippen LogP contribution is -2.37. The average molecular weight is 440 g/mol. The zero-order chi connectivity index (χ0) is 22.1. The maximum atomic E-state index is 13.6. The number of amides is 2. The molecule has 2 fully saturated rings. The molecule has 1 spiro atoms. The fourth-order valence-corrected chi connectivity index (χ4v) is 5.59. The number of nitrogens with zero attached hydrogens (tertiary/aromatic N) is 4. The van der Waals surface area contributed by atoms with Gasteiger partial charge in [0.1, 0.15) is 11.6 Å². The molecular formula is C24H30FN5O2. The van der Waals surface area contributed by atoms with Crippen molar-refractivity contribution in [2.45, 2.75) is 70.4 Å². The number of halogens is 1. The molecule has 2 aromatic rings. The Morgan fingerprint density at radius 3 is 2.69 bits per heavy atom. The van der Waals surface area contributed by atoms with Crippen LogP contribution in [0.15, 0.2) is 24.3 Å². The number of carbonyl (C=O) groups is 2. The minimum absolute atomic E-state index is 0.000795. The molecule has 2 amide bonds. The number of benzene rings is 1. The maximum absolute atomic E-state index is 13.6. The van der Waals surface area contributed by atoms with Crippen molar-refractivity contribution >= 4 is 11.8 Å². The Morgan fingerprint density at radius 1 is 1.06 bits per heavy atom. The van der Waals surface area contributed by atoms with Crippen LogP contribution in [0.4, 0.5) is 4.39 Å². The number of nitrogens with one attached hydrogen (secondary N) is 1. The van der Waals surface area contributed by atoms with Crippen LogP contribution in [0.1, 0.15) is 78.2 Å². The van der Waals surface area contributed by atoms with E-state index in [1.807, 2.05) is 9.47 Å². The number of aromatic nitrogens is 3. The second-order valence-electron chi connectivity index (χ2n) is 9.64. The third kappa shape index (κ3) is 4.14. The summed E-state index contributed by atoms with van der Waals surface area (Å²) >= 11 is 0. The monoisotopic (exact) mass is 439 g/mol. The number of rotatable bonds is 3. The van der Waals surface area contributed by atoms with Crippen LogP contribution in [0.2, 0.25) is 0 Å². The highest BCUT2D eigenvalue weighted by atomic mass is 19.1. The van der Waals surface area contributed by atoms with Crippen LogP contribution < -0.4 is 5.32 Å². The lowest BCUT2D eigenvalue weighted by molar-refractivity contribution is 0.0766. The number of likely N-dealkylation sites (tertiary alicyclic amines) is 1. The lowest BCUT2D eigenvalue weighted by Gasteiger charge is -2.27. The zero-order valence-electron chi connectivity index (χ0n) is 18.4. The molecule has 8 heteroatoms. The van der Waals surface area contributed by atoms with E-state index in [1.165, 1.54) is 18.6 Å². The smallest absolute Gasteiger partial charge is 0.289 e. The van der Waals surface area contributed by atoms with Gasteiger partial charge in [0.05, 0.1) is 0 Å². The fourth-order valence-electron chi connectivity index (χ4n) is 5.59. The van der Waals surface area contributed by atoms with Crippen LogP contribution in [-0.4, -0.2) is 50.6 Å². The topological polar surface area (TPSA) is 80.1 Å².